The van der Waals surface area contributed by atoms with Crippen molar-refractivity contribution in [3.63, 3.8) is 0 Å². The fourth-order valence-electron chi connectivity index (χ4n) is 2.50. The lowest BCUT2D eigenvalue weighted by Crippen LogP contribution is -2.13. The van der Waals surface area contributed by atoms with E-state index in [4.69, 9.17) is 0 Å². The molecule has 0 saturated heterocycles. The molecule has 0 radical (unpaired) electrons. The first kappa shape index (κ1) is 17.7. The zero-order valence-electron chi connectivity index (χ0n) is 13.8. The largest absolute Gasteiger partial charge is 0.289 e. The standard InChI is InChI=1S/C17H9F2N5O3S/c18-12-6-3-10(7-13(12)19)15(25)20-16-21-17-23(22-16)14(8-28-17)9-1-4-11(5-2-9)24(26)27/h1-8H,(H,20,22,25). The Kier molecular flexibility index (Phi) is 4.28. The maximum absolute atomic E-state index is 13.3. The van der Waals surface area contributed by atoms with Crippen LogP contribution in [0.4, 0.5) is 20.4 Å². The molecule has 2 heterocycles. The molecule has 0 fully saturated rings. The zero-order valence-corrected chi connectivity index (χ0v) is 14.6. The van der Waals surface area contributed by atoms with Crippen LogP contribution in [0, 0.1) is 21.7 Å². The summed E-state index contributed by atoms with van der Waals surface area (Å²) >= 11 is 1.26. The Morgan fingerprint density at radius 3 is 2.57 bits per heavy atom. The van der Waals surface area contributed by atoms with Crippen LogP contribution in [0.15, 0.2) is 47.8 Å². The topological polar surface area (TPSA) is 102 Å². The summed E-state index contributed by atoms with van der Waals surface area (Å²) < 4.78 is 27.8. The van der Waals surface area contributed by atoms with E-state index in [9.17, 15) is 23.7 Å². The SMILES string of the molecule is O=C(Nc1nc2scc(-c3ccc([N+](=O)[O-])cc3)n2n1)c1ccc(F)c(F)c1. The number of carbonyl (C=O) groups excluding carboxylic acids is 1. The Morgan fingerprint density at radius 2 is 1.89 bits per heavy atom. The molecule has 0 aliphatic rings. The first-order chi connectivity index (χ1) is 13.4. The number of hydrogen-bond donors (Lipinski definition) is 1. The van der Waals surface area contributed by atoms with Crippen molar-refractivity contribution in [3.8, 4) is 11.3 Å². The highest BCUT2D eigenvalue weighted by molar-refractivity contribution is 7.15. The minimum absolute atomic E-state index is 0.00950. The molecular formula is C17H9F2N5O3S. The van der Waals surface area contributed by atoms with E-state index in [1.54, 1.807) is 17.5 Å². The monoisotopic (exact) mass is 401 g/mol. The average molecular weight is 401 g/mol. The molecule has 8 nitrogen and oxygen atoms in total. The number of non-ortho nitro benzene ring substituents is 1. The van der Waals surface area contributed by atoms with Gasteiger partial charge in [0, 0.05) is 28.6 Å². The van der Waals surface area contributed by atoms with Gasteiger partial charge in [0.05, 0.1) is 10.6 Å². The molecule has 140 valence electrons. The van der Waals surface area contributed by atoms with E-state index in [0.717, 1.165) is 18.2 Å². The van der Waals surface area contributed by atoms with Crippen LogP contribution in [0.2, 0.25) is 0 Å². The number of anilines is 1. The lowest BCUT2D eigenvalue weighted by atomic mass is 10.1. The van der Waals surface area contributed by atoms with Gasteiger partial charge >= 0.3 is 0 Å². The first-order valence-corrected chi connectivity index (χ1v) is 8.66. The summed E-state index contributed by atoms with van der Waals surface area (Å²) in [4.78, 5) is 27.1. The Labute approximate surface area is 159 Å². The highest BCUT2D eigenvalue weighted by Gasteiger charge is 2.16. The molecule has 0 atom stereocenters. The van der Waals surface area contributed by atoms with Gasteiger partial charge < -0.3 is 0 Å². The van der Waals surface area contributed by atoms with Crippen molar-refractivity contribution in [3.05, 3.63) is 75.2 Å². The van der Waals surface area contributed by atoms with Gasteiger partial charge in [-0.3, -0.25) is 20.2 Å². The van der Waals surface area contributed by atoms with E-state index in [2.05, 4.69) is 15.4 Å². The number of fused-ring (bicyclic) bond motifs is 1. The number of carbonyl (C=O) groups is 1. The second-order valence-corrected chi connectivity index (χ2v) is 6.47. The molecule has 1 N–H and O–H groups in total. The average Bonchev–Trinajstić information content (AvgIpc) is 3.24. The highest BCUT2D eigenvalue weighted by atomic mass is 32.1. The number of nitro benzene ring substituents is 1. The number of nitrogens with one attached hydrogen (secondary N) is 1. The fraction of sp³-hybridized carbons (Fsp3) is 0. The fourth-order valence-corrected chi connectivity index (χ4v) is 3.33. The van der Waals surface area contributed by atoms with Gasteiger partial charge in [0.15, 0.2) is 11.6 Å². The summed E-state index contributed by atoms with van der Waals surface area (Å²) in [6, 6.07) is 8.71. The minimum atomic E-state index is -1.13. The molecule has 11 heteroatoms. The molecule has 0 saturated carbocycles. The van der Waals surface area contributed by atoms with Gasteiger partial charge in [0.1, 0.15) is 0 Å². The van der Waals surface area contributed by atoms with E-state index in [-0.39, 0.29) is 17.2 Å². The molecule has 2 aromatic carbocycles. The molecule has 0 bridgehead atoms. The second kappa shape index (κ2) is 6.78. The van der Waals surface area contributed by atoms with Crippen LogP contribution in [0.3, 0.4) is 0 Å². The number of thiazole rings is 1. The number of amides is 1. The summed E-state index contributed by atoms with van der Waals surface area (Å²) in [5, 5.41) is 19.2. The first-order valence-electron chi connectivity index (χ1n) is 7.78. The number of nitrogens with zero attached hydrogens (tertiary/aromatic N) is 4. The number of hydrogen-bond acceptors (Lipinski definition) is 6. The van der Waals surface area contributed by atoms with Gasteiger partial charge in [-0.2, -0.15) is 4.98 Å². The molecule has 0 aliphatic carbocycles. The Hall–Kier alpha value is -3.73. The van der Waals surface area contributed by atoms with Gasteiger partial charge in [0.2, 0.25) is 4.96 Å². The van der Waals surface area contributed by atoms with Crippen molar-refractivity contribution in [1.82, 2.24) is 14.6 Å². The predicted octanol–water partition coefficient (Wildman–Crippen LogP) is 3.90. The maximum atomic E-state index is 13.3. The molecule has 4 rings (SSSR count). The predicted molar refractivity (Wildman–Crippen MR) is 97.3 cm³/mol. The van der Waals surface area contributed by atoms with E-state index in [1.165, 1.54) is 28.0 Å². The summed E-state index contributed by atoms with van der Waals surface area (Å²) in [5.41, 5.74) is 1.21. The molecule has 0 aliphatic heterocycles. The third-order valence-electron chi connectivity index (χ3n) is 3.86. The van der Waals surface area contributed by atoms with Gasteiger partial charge in [-0.25, -0.2) is 13.3 Å². The molecule has 2 aromatic heterocycles. The lowest BCUT2D eigenvalue weighted by Gasteiger charge is -2.02. The van der Waals surface area contributed by atoms with Gasteiger partial charge in [-0.1, -0.05) is 0 Å². The minimum Gasteiger partial charge on any atom is -0.289 e. The van der Waals surface area contributed by atoms with E-state index in [1.807, 2.05) is 0 Å². The van der Waals surface area contributed by atoms with Gasteiger partial charge in [0.25, 0.3) is 17.5 Å². The van der Waals surface area contributed by atoms with Crippen LogP contribution in [0.25, 0.3) is 16.2 Å². The smallest absolute Gasteiger partial charge is 0.269 e. The summed E-state index contributed by atoms with van der Waals surface area (Å²) in [6.07, 6.45) is 0. The summed E-state index contributed by atoms with van der Waals surface area (Å²) in [6.45, 7) is 0. The molecule has 0 spiro atoms. The quantitative estimate of drug-likeness (QED) is 0.413. The van der Waals surface area contributed by atoms with E-state index < -0.39 is 22.5 Å². The Morgan fingerprint density at radius 1 is 1.14 bits per heavy atom. The molecule has 0 unspecified atom stereocenters. The van der Waals surface area contributed by atoms with Crippen LogP contribution < -0.4 is 5.32 Å². The molecular weight excluding hydrogens is 392 g/mol. The van der Waals surface area contributed by atoms with Crippen molar-refractivity contribution < 1.29 is 18.5 Å². The number of rotatable bonds is 4. The Bertz CT molecular complexity index is 1220. The van der Waals surface area contributed by atoms with Crippen molar-refractivity contribution in [2.45, 2.75) is 0 Å². The highest BCUT2D eigenvalue weighted by Crippen LogP contribution is 2.27. The maximum Gasteiger partial charge on any atom is 0.269 e. The van der Waals surface area contributed by atoms with Crippen LogP contribution >= 0.6 is 11.3 Å². The van der Waals surface area contributed by atoms with Crippen molar-refractivity contribution in [1.29, 1.82) is 0 Å². The van der Waals surface area contributed by atoms with Crippen molar-refractivity contribution in [2.24, 2.45) is 0 Å². The molecule has 1 amide bonds. The third-order valence-corrected chi connectivity index (χ3v) is 4.68. The molecule has 28 heavy (non-hydrogen) atoms. The van der Waals surface area contributed by atoms with Gasteiger partial charge in [-0.05, 0) is 30.3 Å². The van der Waals surface area contributed by atoms with Crippen LogP contribution in [-0.2, 0) is 0 Å². The van der Waals surface area contributed by atoms with Crippen molar-refractivity contribution in [2.75, 3.05) is 5.32 Å². The summed E-state index contributed by atoms with van der Waals surface area (Å²) in [7, 11) is 0. The van der Waals surface area contributed by atoms with Crippen LogP contribution in [-0.4, -0.2) is 25.4 Å². The second-order valence-electron chi connectivity index (χ2n) is 5.64. The van der Waals surface area contributed by atoms with E-state index in [0.29, 0.717) is 16.2 Å². The number of halogens is 2. The number of benzene rings is 2. The van der Waals surface area contributed by atoms with Crippen LogP contribution in [0.1, 0.15) is 10.4 Å². The van der Waals surface area contributed by atoms with Gasteiger partial charge in [-0.15, -0.1) is 16.4 Å². The van der Waals surface area contributed by atoms with E-state index >= 15 is 0 Å². The Balaban J connectivity index is 1.61. The normalized spacial score (nSPS) is 10.9. The molecule has 4 aromatic rings. The number of aromatic nitrogens is 3. The lowest BCUT2D eigenvalue weighted by molar-refractivity contribution is -0.384. The summed E-state index contributed by atoms with van der Waals surface area (Å²) in [5.74, 6) is -2.88. The zero-order chi connectivity index (χ0) is 19.8. The third kappa shape index (κ3) is 3.18. The van der Waals surface area contributed by atoms with Crippen LogP contribution in [0.5, 0.6) is 0 Å². The van der Waals surface area contributed by atoms with Crippen molar-refractivity contribution >= 4 is 33.8 Å². The number of nitro groups is 1.